The molecule has 0 spiro atoms. The largest absolute Gasteiger partial charge is 0.347 e. The Bertz CT molecular complexity index is 984. The summed E-state index contributed by atoms with van der Waals surface area (Å²) in [6.45, 7) is 2.86. The van der Waals surface area contributed by atoms with Crippen LogP contribution in [0.5, 0.6) is 0 Å². The number of sulfonamides is 1. The molecule has 22 heavy (non-hydrogen) atoms. The second-order valence-electron chi connectivity index (χ2n) is 5.48. The van der Waals surface area contributed by atoms with Gasteiger partial charge < -0.3 is 4.57 Å². The van der Waals surface area contributed by atoms with E-state index in [0.29, 0.717) is 23.8 Å². The van der Waals surface area contributed by atoms with Crippen LogP contribution in [0.15, 0.2) is 41.4 Å². The summed E-state index contributed by atoms with van der Waals surface area (Å²) in [5.74, 6) is 0.632. The Hall–Kier alpha value is -2.28. The third-order valence-electron chi connectivity index (χ3n) is 4.35. The summed E-state index contributed by atoms with van der Waals surface area (Å²) in [7, 11) is -1.71. The third-order valence-corrected chi connectivity index (χ3v) is 6.34. The number of nitrogens with zero attached hydrogens (tertiary/aromatic N) is 4. The van der Waals surface area contributed by atoms with Crippen LogP contribution in [-0.2, 0) is 23.6 Å². The number of rotatable bonds is 2. The molecule has 0 unspecified atom stereocenters. The van der Waals surface area contributed by atoms with Gasteiger partial charge in [0.1, 0.15) is 10.7 Å². The van der Waals surface area contributed by atoms with Gasteiger partial charge in [0.05, 0.1) is 19.3 Å². The lowest BCUT2D eigenvalue weighted by atomic mass is 10.2. The smallest absolute Gasteiger partial charge is 0.267 e. The van der Waals surface area contributed by atoms with Crippen LogP contribution in [0.3, 0.4) is 0 Å². The lowest BCUT2D eigenvalue weighted by Gasteiger charge is -2.17. The monoisotopic (exact) mass is 316 g/mol. The van der Waals surface area contributed by atoms with Crippen LogP contribution in [0.4, 0.5) is 5.82 Å². The Morgan fingerprint density at radius 3 is 2.73 bits per heavy atom. The van der Waals surface area contributed by atoms with Crippen molar-refractivity contribution in [2.45, 2.75) is 18.4 Å². The van der Waals surface area contributed by atoms with Gasteiger partial charge in [0.15, 0.2) is 0 Å². The molecule has 3 heterocycles. The van der Waals surface area contributed by atoms with Gasteiger partial charge in [-0.2, -0.15) is 5.10 Å². The average Bonchev–Trinajstić information content (AvgIpc) is 3.14. The molecule has 0 bridgehead atoms. The number of hydrogen-bond acceptors (Lipinski definition) is 3. The highest BCUT2D eigenvalue weighted by molar-refractivity contribution is 7.93. The van der Waals surface area contributed by atoms with Crippen LogP contribution >= 0.6 is 0 Å². The van der Waals surface area contributed by atoms with Gasteiger partial charge in [-0.3, -0.25) is 0 Å². The van der Waals surface area contributed by atoms with E-state index < -0.39 is 10.0 Å². The Labute approximate surface area is 128 Å². The zero-order chi connectivity index (χ0) is 15.5. The Kier molecular flexibility index (Phi) is 2.65. The van der Waals surface area contributed by atoms with Crippen LogP contribution in [0.25, 0.3) is 10.9 Å². The number of para-hydroxylation sites is 1. The molecule has 0 aliphatic carbocycles. The van der Waals surface area contributed by atoms with Crippen LogP contribution < -0.4 is 4.31 Å². The van der Waals surface area contributed by atoms with Gasteiger partial charge in [-0.15, -0.1) is 0 Å². The van der Waals surface area contributed by atoms with Crippen molar-refractivity contribution in [2.24, 2.45) is 7.05 Å². The standard InChI is InChI=1S/C15H16N4O2S/c1-11-15(12-5-3-4-6-13(12)17(11)2)22(20,21)19-10-9-18-14(19)7-8-16-18/h3-8H,9-10H2,1-2H3. The van der Waals surface area contributed by atoms with E-state index in [4.69, 9.17) is 0 Å². The highest BCUT2D eigenvalue weighted by atomic mass is 32.2. The molecule has 114 valence electrons. The molecule has 0 amide bonds. The second-order valence-corrected chi connectivity index (χ2v) is 7.28. The van der Waals surface area contributed by atoms with E-state index in [0.717, 1.165) is 16.6 Å². The molecule has 4 rings (SSSR count). The number of benzene rings is 1. The minimum absolute atomic E-state index is 0.389. The average molecular weight is 316 g/mol. The van der Waals surface area contributed by atoms with Crippen molar-refractivity contribution in [3.05, 3.63) is 42.2 Å². The molecule has 1 aliphatic rings. The molecule has 6 nitrogen and oxygen atoms in total. The quantitative estimate of drug-likeness (QED) is 0.725. The normalized spacial score (nSPS) is 14.7. The molecule has 0 saturated carbocycles. The molecule has 3 aromatic rings. The Morgan fingerprint density at radius 1 is 1.14 bits per heavy atom. The van der Waals surface area contributed by atoms with E-state index in [-0.39, 0.29) is 0 Å². The first-order chi connectivity index (χ1) is 10.5. The van der Waals surface area contributed by atoms with Gasteiger partial charge >= 0.3 is 0 Å². The fourth-order valence-electron chi connectivity index (χ4n) is 3.18. The van der Waals surface area contributed by atoms with Crippen molar-refractivity contribution in [3.63, 3.8) is 0 Å². The van der Waals surface area contributed by atoms with Gasteiger partial charge in [0.2, 0.25) is 0 Å². The van der Waals surface area contributed by atoms with Crippen LogP contribution in [0.1, 0.15) is 5.69 Å². The molecule has 1 aromatic carbocycles. The maximum atomic E-state index is 13.2. The number of aryl methyl sites for hydroxylation is 1. The first-order valence-electron chi connectivity index (χ1n) is 7.10. The molecule has 0 N–H and O–H groups in total. The van der Waals surface area contributed by atoms with Gasteiger partial charge in [-0.1, -0.05) is 18.2 Å². The van der Waals surface area contributed by atoms with E-state index in [2.05, 4.69) is 5.10 Å². The zero-order valence-corrected chi connectivity index (χ0v) is 13.2. The van der Waals surface area contributed by atoms with E-state index in [1.54, 1.807) is 16.9 Å². The predicted molar refractivity (Wildman–Crippen MR) is 84.4 cm³/mol. The van der Waals surface area contributed by atoms with Gasteiger partial charge in [0.25, 0.3) is 10.0 Å². The fraction of sp³-hybridized carbons (Fsp3) is 0.267. The van der Waals surface area contributed by atoms with Gasteiger partial charge in [-0.25, -0.2) is 17.4 Å². The molecule has 7 heteroatoms. The number of hydrogen-bond donors (Lipinski definition) is 0. The van der Waals surface area contributed by atoms with Crippen molar-refractivity contribution in [1.29, 1.82) is 0 Å². The summed E-state index contributed by atoms with van der Waals surface area (Å²) in [6.07, 6.45) is 1.63. The van der Waals surface area contributed by atoms with Crippen molar-refractivity contribution >= 4 is 26.7 Å². The van der Waals surface area contributed by atoms with E-state index >= 15 is 0 Å². The van der Waals surface area contributed by atoms with Crippen molar-refractivity contribution in [3.8, 4) is 0 Å². The highest BCUT2D eigenvalue weighted by Gasteiger charge is 2.35. The minimum atomic E-state index is -3.61. The van der Waals surface area contributed by atoms with Gasteiger partial charge in [0, 0.05) is 29.7 Å². The van der Waals surface area contributed by atoms with Crippen LogP contribution in [-0.4, -0.2) is 29.3 Å². The minimum Gasteiger partial charge on any atom is -0.347 e. The van der Waals surface area contributed by atoms with Crippen molar-refractivity contribution in [1.82, 2.24) is 14.3 Å². The zero-order valence-electron chi connectivity index (χ0n) is 12.4. The summed E-state index contributed by atoms with van der Waals surface area (Å²) in [4.78, 5) is 0.389. The number of fused-ring (bicyclic) bond motifs is 2. The molecular formula is C15H16N4O2S. The summed E-state index contributed by atoms with van der Waals surface area (Å²) in [5, 5.41) is 4.91. The number of anilines is 1. The first kappa shape index (κ1) is 13.4. The summed E-state index contributed by atoms with van der Waals surface area (Å²) in [6, 6.07) is 9.33. The van der Waals surface area contributed by atoms with Crippen LogP contribution in [0.2, 0.25) is 0 Å². The molecule has 0 radical (unpaired) electrons. The maximum Gasteiger partial charge on any atom is 0.267 e. The molecule has 0 atom stereocenters. The molecule has 2 aromatic heterocycles. The van der Waals surface area contributed by atoms with Crippen LogP contribution in [0, 0.1) is 6.92 Å². The SMILES string of the molecule is Cc1c(S(=O)(=O)N2CCn3nccc32)c2ccccc2n1C. The van der Waals surface area contributed by atoms with Crippen molar-refractivity contribution < 1.29 is 8.42 Å². The summed E-state index contributed by atoms with van der Waals surface area (Å²) < 4.78 is 31.5. The fourth-order valence-corrected chi connectivity index (χ4v) is 5.08. The first-order valence-corrected chi connectivity index (χ1v) is 8.54. The topological polar surface area (TPSA) is 60.1 Å². The van der Waals surface area contributed by atoms with E-state index in [1.807, 2.05) is 42.8 Å². The maximum absolute atomic E-state index is 13.2. The molecule has 1 aliphatic heterocycles. The Balaban J connectivity index is 1.98. The molecular weight excluding hydrogens is 300 g/mol. The predicted octanol–water partition coefficient (Wildman–Crippen LogP) is 1.89. The van der Waals surface area contributed by atoms with E-state index in [9.17, 15) is 8.42 Å². The highest BCUT2D eigenvalue weighted by Crippen LogP contribution is 2.34. The van der Waals surface area contributed by atoms with Gasteiger partial charge in [-0.05, 0) is 13.0 Å². The Morgan fingerprint density at radius 2 is 1.91 bits per heavy atom. The summed E-state index contributed by atoms with van der Waals surface area (Å²) >= 11 is 0. The molecule has 0 saturated heterocycles. The second kappa shape index (κ2) is 4.36. The summed E-state index contributed by atoms with van der Waals surface area (Å²) in [5.41, 5.74) is 1.67. The number of aromatic nitrogens is 3. The molecule has 0 fully saturated rings. The lowest BCUT2D eigenvalue weighted by Crippen LogP contribution is -2.29. The third kappa shape index (κ3) is 1.60. The lowest BCUT2D eigenvalue weighted by molar-refractivity contribution is 0.591. The van der Waals surface area contributed by atoms with E-state index in [1.165, 1.54) is 4.31 Å². The van der Waals surface area contributed by atoms with Crippen molar-refractivity contribution in [2.75, 3.05) is 10.8 Å².